The Balaban J connectivity index is 0.000000174. The van der Waals surface area contributed by atoms with Crippen LogP contribution in [0.25, 0.3) is 10.8 Å². The number of alkyl halides is 2. The first-order chi connectivity index (χ1) is 28.3. The number of likely N-dealkylation sites (tertiary alicyclic amines) is 1. The molecule has 2 aliphatic heterocycles. The maximum absolute atomic E-state index is 13.6. The molecule has 0 radical (unpaired) electrons. The van der Waals surface area contributed by atoms with Crippen LogP contribution in [0.5, 0.6) is 0 Å². The number of nitrogen functional groups attached to an aromatic ring is 1. The zero-order valence-corrected chi connectivity index (χ0v) is 34.2. The van der Waals surface area contributed by atoms with Crippen molar-refractivity contribution in [3.8, 4) is 0 Å². The van der Waals surface area contributed by atoms with Crippen LogP contribution in [0.1, 0.15) is 84.0 Å². The third-order valence-electron chi connectivity index (χ3n) is 11.0. The molecular weight excluding hydrogens is 801 g/mol. The van der Waals surface area contributed by atoms with Gasteiger partial charge in [0.2, 0.25) is 17.4 Å². The molecule has 1 atom stereocenters. The lowest BCUT2D eigenvalue weighted by molar-refractivity contribution is -0.131. The Morgan fingerprint density at radius 3 is 2.30 bits per heavy atom. The number of nitrogens with zero attached hydrogens (tertiary/aromatic N) is 4. The highest BCUT2D eigenvalue weighted by molar-refractivity contribution is 7.52. The van der Waals surface area contributed by atoms with E-state index < -0.39 is 24.7 Å². The number of primary amides is 1. The summed E-state index contributed by atoms with van der Waals surface area (Å²) in [7, 11) is -5.62. The average molecular weight is 851 g/mol. The quantitative estimate of drug-likeness (QED) is 0.0488. The number of halogens is 2. The van der Waals surface area contributed by atoms with Crippen LogP contribution >= 0.6 is 7.60 Å². The van der Waals surface area contributed by atoms with E-state index in [0.29, 0.717) is 42.7 Å². The number of rotatable bonds is 11. The van der Waals surface area contributed by atoms with Crippen LogP contribution in [0.15, 0.2) is 83.0 Å². The zero-order chi connectivity index (χ0) is 44.0. The number of hydrogen-bond donors (Lipinski definition) is 6. The van der Waals surface area contributed by atoms with Crippen molar-refractivity contribution in [2.45, 2.75) is 69.5 Å². The number of nitrogens with one attached hydrogen (secondary N) is 2. The first kappa shape index (κ1) is 45.2. The van der Waals surface area contributed by atoms with Gasteiger partial charge in [-0.2, -0.15) is 8.78 Å². The Hall–Kier alpha value is -5.84. The fourth-order valence-electron chi connectivity index (χ4n) is 7.37. The van der Waals surface area contributed by atoms with Crippen molar-refractivity contribution in [1.29, 1.82) is 5.41 Å². The summed E-state index contributed by atoms with van der Waals surface area (Å²) < 4.78 is 38.0. The standard InChI is InChI=1S/C18H26N4O2.C12H10F2NO4P.C11H13N3O2/c1-3-21(11-8-16(23)22-9-4-5-10-22)18(24)17(20)14-12-13(2)6-7-15(14)19;13-12(14,20(17,18)19)10-4-3-7-1-2-8(11(15)16)5-9(7)6-10;15-10-5-8(1-4-12-10)9-6-11(2-3-11)14(7-9)13-16/h6-7,12,20H,3-5,8-11,19H2,1-2H3;1-6H,(H2,15,16)(H2,17,18,19);1,4-5,9H,2-3,6-7H2,(H,12,15). The number of benzene rings is 3. The van der Waals surface area contributed by atoms with E-state index in [4.69, 9.17) is 26.7 Å². The van der Waals surface area contributed by atoms with Crippen molar-refractivity contribution in [2.75, 3.05) is 38.5 Å². The summed E-state index contributed by atoms with van der Waals surface area (Å²) >= 11 is 0. The molecule has 3 aliphatic rings. The molecule has 3 heterocycles. The minimum atomic E-state index is -5.62. The van der Waals surface area contributed by atoms with Gasteiger partial charge < -0.3 is 36.0 Å². The molecule has 3 fully saturated rings. The number of aromatic nitrogens is 1. The Morgan fingerprint density at radius 2 is 1.72 bits per heavy atom. The number of nitrogens with two attached hydrogens (primary N) is 2. The van der Waals surface area contributed by atoms with Crippen molar-refractivity contribution in [3.05, 3.63) is 116 Å². The average Bonchev–Trinajstić information content (AvgIpc) is 3.59. The Kier molecular flexibility index (Phi) is 14.0. The second-order valence-electron chi connectivity index (χ2n) is 15.2. The normalized spacial score (nSPS) is 16.7. The highest BCUT2D eigenvalue weighted by Gasteiger charge is 2.55. The van der Waals surface area contributed by atoms with E-state index in [2.05, 4.69) is 10.3 Å². The number of carbonyl (C=O) groups is 3. The van der Waals surface area contributed by atoms with Crippen LogP contribution in [0.4, 0.5) is 14.5 Å². The molecule has 19 heteroatoms. The van der Waals surface area contributed by atoms with Crippen molar-refractivity contribution >= 4 is 47.5 Å². The number of hydrogen-bond acceptors (Lipinski definition) is 9. The molecule has 1 aliphatic carbocycles. The number of aromatic amines is 1. The lowest BCUT2D eigenvalue weighted by Gasteiger charge is -2.23. The largest absolute Gasteiger partial charge is 0.399 e. The van der Waals surface area contributed by atoms with Gasteiger partial charge in [-0.05, 0) is 98.7 Å². The van der Waals surface area contributed by atoms with Gasteiger partial charge in [-0.25, -0.2) is 0 Å². The molecule has 1 aromatic heterocycles. The van der Waals surface area contributed by atoms with E-state index in [1.54, 1.807) is 29.4 Å². The van der Waals surface area contributed by atoms with E-state index in [9.17, 15) is 37.4 Å². The van der Waals surface area contributed by atoms with Crippen LogP contribution in [0, 0.1) is 17.2 Å². The van der Waals surface area contributed by atoms with Crippen molar-refractivity contribution in [3.63, 3.8) is 0 Å². The van der Waals surface area contributed by atoms with Gasteiger partial charge >= 0.3 is 13.3 Å². The fourth-order valence-corrected chi connectivity index (χ4v) is 7.84. The SMILES string of the molecule is CCN(CCC(=O)N1CCCC1)C(=O)C(=N)c1cc(C)ccc1N.NC(=O)c1ccc2ccc(C(F)(F)P(=O)(O)O)cc2c1.O=NN1CC(c2cc[nH]c(=O)c2)CC12CC2. The molecule has 0 bridgehead atoms. The van der Waals surface area contributed by atoms with Gasteiger partial charge in [-0.15, -0.1) is 4.91 Å². The van der Waals surface area contributed by atoms with Gasteiger partial charge in [0.25, 0.3) is 5.91 Å². The molecule has 16 nitrogen and oxygen atoms in total. The number of nitroso groups, excluding NO2 is 1. The van der Waals surface area contributed by atoms with Crippen LogP contribution < -0.4 is 17.0 Å². The highest BCUT2D eigenvalue weighted by atomic mass is 31.2. The second-order valence-corrected chi connectivity index (χ2v) is 16.8. The lowest BCUT2D eigenvalue weighted by Crippen LogP contribution is -2.39. The van der Waals surface area contributed by atoms with Gasteiger partial charge in [-0.1, -0.05) is 29.8 Å². The molecular formula is C41H49F2N8O8P. The molecule has 4 aromatic rings. The fraction of sp³-hybridized carbons (Fsp3) is 0.390. The summed E-state index contributed by atoms with van der Waals surface area (Å²) in [6.07, 6.45) is 7.13. The zero-order valence-electron chi connectivity index (χ0n) is 33.3. The summed E-state index contributed by atoms with van der Waals surface area (Å²) in [6.45, 7) is 6.81. The summed E-state index contributed by atoms with van der Waals surface area (Å²) in [5.74, 6) is -0.758. The van der Waals surface area contributed by atoms with E-state index in [-0.39, 0.29) is 45.5 Å². The van der Waals surface area contributed by atoms with Crippen LogP contribution in [0.2, 0.25) is 0 Å². The number of H-pyrrole nitrogens is 1. The third kappa shape index (κ3) is 10.5. The Morgan fingerprint density at radius 1 is 1.03 bits per heavy atom. The van der Waals surface area contributed by atoms with Crippen molar-refractivity contribution in [1.82, 2.24) is 19.8 Å². The molecule has 3 aromatic carbocycles. The van der Waals surface area contributed by atoms with E-state index >= 15 is 0 Å². The third-order valence-corrected chi connectivity index (χ3v) is 12.0. The first-order valence-corrected chi connectivity index (χ1v) is 21.0. The molecule has 320 valence electrons. The maximum atomic E-state index is 13.6. The van der Waals surface area contributed by atoms with Gasteiger partial charge in [0.05, 0.1) is 10.8 Å². The lowest BCUT2D eigenvalue weighted by atomic mass is 9.96. The number of aryl methyl sites for hydroxylation is 1. The number of pyridine rings is 1. The summed E-state index contributed by atoms with van der Waals surface area (Å²) in [4.78, 5) is 81.1. The molecule has 3 amide bonds. The molecule has 8 N–H and O–H groups in total. The van der Waals surface area contributed by atoms with E-state index in [1.807, 2.05) is 30.9 Å². The summed E-state index contributed by atoms with van der Waals surface area (Å²) in [6, 6.07) is 16.2. The van der Waals surface area contributed by atoms with Crippen LogP contribution in [-0.4, -0.2) is 91.3 Å². The number of amides is 3. The Labute approximate surface area is 344 Å². The minimum absolute atomic E-state index is 0.0228. The van der Waals surface area contributed by atoms with Gasteiger partial charge in [0, 0.05) is 79.7 Å². The monoisotopic (exact) mass is 850 g/mol. The van der Waals surface area contributed by atoms with Crippen LogP contribution in [-0.2, 0) is 19.8 Å². The van der Waals surface area contributed by atoms with Gasteiger partial charge in [-0.3, -0.25) is 34.2 Å². The maximum Gasteiger partial charge on any atom is 0.399 e. The smallest absolute Gasteiger partial charge is 0.398 e. The number of anilines is 1. The molecule has 60 heavy (non-hydrogen) atoms. The first-order valence-electron chi connectivity index (χ1n) is 19.4. The summed E-state index contributed by atoms with van der Waals surface area (Å²) in [5.41, 5.74) is 8.65. The number of carbonyl (C=O) groups excluding carboxylic acids is 3. The number of likely N-dealkylation sites (N-methyl/N-ethyl adjacent to an activating group) is 1. The minimum Gasteiger partial charge on any atom is -0.398 e. The van der Waals surface area contributed by atoms with Gasteiger partial charge in [0.15, 0.2) is 0 Å². The molecule has 7 rings (SSSR count). The predicted molar refractivity (Wildman–Crippen MR) is 222 cm³/mol. The van der Waals surface area contributed by atoms with Crippen molar-refractivity contribution < 1.29 is 37.5 Å². The summed E-state index contributed by atoms with van der Waals surface area (Å²) in [5, 5.41) is 13.7. The number of fused-ring (bicyclic) bond motifs is 1. The van der Waals surface area contributed by atoms with E-state index in [0.717, 1.165) is 68.5 Å². The van der Waals surface area contributed by atoms with Gasteiger partial charge in [0.1, 0.15) is 5.71 Å². The predicted octanol–water partition coefficient (Wildman–Crippen LogP) is 5.35. The van der Waals surface area contributed by atoms with Crippen molar-refractivity contribution in [2.24, 2.45) is 11.0 Å². The molecule has 1 saturated carbocycles. The second kappa shape index (κ2) is 18.6. The molecule has 2 saturated heterocycles. The molecule has 1 unspecified atom stereocenters. The van der Waals surface area contributed by atoms with Crippen LogP contribution in [0.3, 0.4) is 0 Å². The molecule has 1 spiro atoms. The Bertz CT molecular complexity index is 2380. The highest BCUT2D eigenvalue weighted by Crippen LogP contribution is 2.59. The topological polar surface area (TPSA) is 257 Å². The van der Waals surface area contributed by atoms with E-state index in [1.165, 1.54) is 29.2 Å².